The quantitative estimate of drug-likeness (QED) is 0.680. The number of thiocyanates is 1. The molecular weight excluding hydrogens is 332 g/mol. The van der Waals surface area contributed by atoms with Crippen LogP contribution in [0.1, 0.15) is 11.4 Å². The number of benzene rings is 1. The van der Waals surface area contributed by atoms with Crippen LogP contribution in [0.25, 0.3) is 15.8 Å². The first-order valence-electron chi connectivity index (χ1n) is 6.72. The number of hydrogen-bond donors (Lipinski definition) is 0. The van der Waals surface area contributed by atoms with Crippen molar-refractivity contribution in [2.45, 2.75) is 12.7 Å². The van der Waals surface area contributed by atoms with Crippen molar-refractivity contribution in [3.8, 4) is 11.1 Å². The second kappa shape index (κ2) is 6.02. The average molecular weight is 344 g/mol. The molecule has 6 nitrogen and oxygen atoms in total. The molecule has 0 radical (unpaired) electrons. The lowest BCUT2D eigenvalue weighted by molar-refractivity contribution is 0.714. The minimum absolute atomic E-state index is 0.360. The first-order valence-corrected chi connectivity index (χ1v) is 8.48. The molecule has 0 saturated heterocycles. The lowest BCUT2D eigenvalue weighted by Gasteiger charge is -2.09. The van der Waals surface area contributed by atoms with Crippen molar-refractivity contribution in [3.05, 3.63) is 56.5 Å². The van der Waals surface area contributed by atoms with E-state index in [1.165, 1.54) is 22.2 Å². The van der Waals surface area contributed by atoms with Gasteiger partial charge < -0.3 is 4.57 Å². The summed E-state index contributed by atoms with van der Waals surface area (Å²) < 4.78 is 7.88. The molecule has 0 amide bonds. The molecule has 0 bridgehead atoms. The van der Waals surface area contributed by atoms with E-state index in [1.807, 2.05) is 11.5 Å². The summed E-state index contributed by atoms with van der Waals surface area (Å²) in [5, 5.41) is 11.6. The Morgan fingerprint density at radius 1 is 1.35 bits per heavy atom. The highest BCUT2D eigenvalue weighted by Gasteiger charge is 2.12. The molecule has 0 aliphatic heterocycles. The number of rotatable bonds is 3. The SMILES string of the molecule is Cc1cc(=O)n(-c2ccc3snc(CSC#N)c3c2)c(=O)n1C. The number of thioether (sulfide) groups is 1. The molecule has 0 N–H and O–H groups in total. The first kappa shape index (κ1) is 15.5. The Labute approximate surface area is 139 Å². The van der Waals surface area contributed by atoms with Gasteiger partial charge in [-0.2, -0.15) is 9.64 Å². The Morgan fingerprint density at radius 3 is 2.87 bits per heavy atom. The van der Waals surface area contributed by atoms with E-state index in [-0.39, 0.29) is 11.2 Å². The van der Waals surface area contributed by atoms with Gasteiger partial charge in [-0.3, -0.25) is 4.79 Å². The van der Waals surface area contributed by atoms with Crippen LogP contribution in [0.4, 0.5) is 0 Å². The van der Waals surface area contributed by atoms with Crippen LogP contribution in [0.5, 0.6) is 0 Å². The van der Waals surface area contributed by atoms with Crippen LogP contribution >= 0.6 is 23.3 Å². The summed E-state index contributed by atoms with van der Waals surface area (Å²) in [6.45, 7) is 1.72. The number of aromatic nitrogens is 3. The number of nitriles is 1. The van der Waals surface area contributed by atoms with E-state index >= 15 is 0 Å². The van der Waals surface area contributed by atoms with Gasteiger partial charge in [0.15, 0.2) is 0 Å². The lowest BCUT2D eigenvalue weighted by Crippen LogP contribution is -2.38. The van der Waals surface area contributed by atoms with Gasteiger partial charge in [0.25, 0.3) is 5.56 Å². The largest absolute Gasteiger partial charge is 0.335 e. The van der Waals surface area contributed by atoms with E-state index in [2.05, 4.69) is 4.37 Å². The number of fused-ring (bicyclic) bond motifs is 1. The highest BCUT2D eigenvalue weighted by molar-refractivity contribution is 8.02. The van der Waals surface area contributed by atoms with Gasteiger partial charge in [-0.1, -0.05) is 0 Å². The zero-order chi connectivity index (χ0) is 16.6. The monoisotopic (exact) mass is 344 g/mol. The fourth-order valence-electron chi connectivity index (χ4n) is 2.29. The molecule has 0 fully saturated rings. The van der Waals surface area contributed by atoms with Gasteiger partial charge in [0.05, 0.1) is 21.8 Å². The molecule has 8 heteroatoms. The molecular formula is C15H12N4O2S2. The minimum atomic E-state index is -0.384. The molecule has 2 heterocycles. The molecule has 2 aromatic heterocycles. The van der Waals surface area contributed by atoms with Crippen molar-refractivity contribution < 1.29 is 0 Å². The van der Waals surface area contributed by atoms with Crippen molar-refractivity contribution in [2.24, 2.45) is 7.05 Å². The van der Waals surface area contributed by atoms with E-state index in [1.54, 1.807) is 26.1 Å². The van der Waals surface area contributed by atoms with Crippen molar-refractivity contribution in [3.63, 3.8) is 0 Å². The predicted octanol–water partition coefficient (Wildman–Crippen LogP) is 2.17. The third-order valence-corrected chi connectivity index (χ3v) is 5.03. The van der Waals surface area contributed by atoms with Gasteiger partial charge in [0.1, 0.15) is 5.40 Å². The van der Waals surface area contributed by atoms with Crippen molar-refractivity contribution >= 4 is 33.4 Å². The van der Waals surface area contributed by atoms with Crippen LogP contribution in [0, 0.1) is 17.6 Å². The second-order valence-corrected chi connectivity index (χ2v) is 6.56. The summed E-state index contributed by atoms with van der Waals surface area (Å²) in [6.07, 6.45) is 0. The summed E-state index contributed by atoms with van der Waals surface area (Å²) in [6, 6.07) is 6.79. The highest BCUT2D eigenvalue weighted by atomic mass is 32.2. The van der Waals surface area contributed by atoms with Gasteiger partial charge in [-0.05, 0) is 48.4 Å². The van der Waals surface area contributed by atoms with Crippen LogP contribution < -0.4 is 11.2 Å². The summed E-state index contributed by atoms with van der Waals surface area (Å²) >= 11 is 2.45. The Balaban J connectivity index is 2.22. The molecule has 116 valence electrons. The maximum absolute atomic E-state index is 12.4. The van der Waals surface area contributed by atoms with E-state index in [0.29, 0.717) is 17.1 Å². The maximum atomic E-state index is 12.4. The molecule has 0 saturated carbocycles. The maximum Gasteiger partial charge on any atom is 0.335 e. The first-order chi connectivity index (χ1) is 11.0. The van der Waals surface area contributed by atoms with Crippen LogP contribution in [0.15, 0.2) is 33.9 Å². The lowest BCUT2D eigenvalue weighted by atomic mass is 10.2. The molecule has 0 unspecified atom stereocenters. The van der Waals surface area contributed by atoms with E-state index in [4.69, 9.17) is 5.26 Å². The molecule has 1 aromatic carbocycles. The molecule has 0 aliphatic carbocycles. The Bertz CT molecular complexity index is 1060. The summed E-state index contributed by atoms with van der Waals surface area (Å²) in [5.74, 6) is 0.473. The van der Waals surface area contributed by atoms with Gasteiger partial charge in [0.2, 0.25) is 0 Å². The van der Waals surface area contributed by atoms with Crippen LogP contribution in [-0.4, -0.2) is 13.5 Å². The third-order valence-electron chi connectivity index (χ3n) is 3.62. The van der Waals surface area contributed by atoms with Crippen molar-refractivity contribution in [1.82, 2.24) is 13.5 Å². The standard InChI is InChI=1S/C15H12N4O2S2/c1-9-5-14(20)19(15(21)18(9)2)10-3-4-13-11(6-10)12(17-23-13)7-22-8-16/h3-6H,7H2,1-2H3. The fraction of sp³-hybridized carbons (Fsp3) is 0.200. The van der Waals surface area contributed by atoms with Crippen LogP contribution in [0.3, 0.4) is 0 Å². The predicted molar refractivity (Wildman–Crippen MR) is 92.1 cm³/mol. The van der Waals surface area contributed by atoms with Crippen molar-refractivity contribution in [1.29, 1.82) is 5.26 Å². The number of aryl methyl sites for hydroxylation is 1. The second-order valence-electron chi connectivity index (χ2n) is 4.99. The zero-order valence-corrected chi connectivity index (χ0v) is 14.1. The number of nitrogens with zero attached hydrogens (tertiary/aromatic N) is 4. The molecule has 0 atom stereocenters. The van der Waals surface area contributed by atoms with E-state index < -0.39 is 0 Å². The topological polar surface area (TPSA) is 80.7 Å². The van der Waals surface area contributed by atoms with Crippen LogP contribution in [0.2, 0.25) is 0 Å². The molecule has 23 heavy (non-hydrogen) atoms. The summed E-state index contributed by atoms with van der Waals surface area (Å²) in [4.78, 5) is 24.6. The number of hydrogen-bond acceptors (Lipinski definition) is 6. The summed E-state index contributed by atoms with van der Waals surface area (Å²) in [5.41, 5.74) is 1.16. The molecule has 0 aliphatic rings. The Hall–Kier alpha value is -2.37. The highest BCUT2D eigenvalue weighted by Crippen LogP contribution is 2.27. The molecule has 0 spiro atoms. The van der Waals surface area contributed by atoms with Gasteiger partial charge in [0, 0.05) is 24.2 Å². The minimum Gasteiger partial charge on any atom is -0.301 e. The van der Waals surface area contributed by atoms with Crippen LogP contribution in [-0.2, 0) is 12.8 Å². The Morgan fingerprint density at radius 2 is 2.13 bits per heavy atom. The molecule has 3 aromatic rings. The summed E-state index contributed by atoms with van der Waals surface area (Å²) in [7, 11) is 1.63. The van der Waals surface area contributed by atoms with E-state index in [0.717, 1.165) is 32.1 Å². The molecule has 3 rings (SSSR count). The fourth-order valence-corrected chi connectivity index (χ4v) is 3.57. The Kier molecular flexibility index (Phi) is 4.07. The zero-order valence-electron chi connectivity index (χ0n) is 12.4. The van der Waals surface area contributed by atoms with E-state index in [9.17, 15) is 9.59 Å². The third kappa shape index (κ3) is 2.69. The van der Waals surface area contributed by atoms with Gasteiger partial charge in [-0.15, -0.1) is 0 Å². The smallest absolute Gasteiger partial charge is 0.301 e. The van der Waals surface area contributed by atoms with Crippen molar-refractivity contribution in [2.75, 3.05) is 0 Å². The average Bonchev–Trinajstić information content (AvgIpc) is 2.93. The normalized spacial score (nSPS) is 10.8. The van der Waals surface area contributed by atoms with Gasteiger partial charge in [-0.25, -0.2) is 9.36 Å². The van der Waals surface area contributed by atoms with Gasteiger partial charge >= 0.3 is 5.69 Å².